The van der Waals surface area contributed by atoms with Crippen LogP contribution >= 0.6 is 0 Å². The van der Waals surface area contributed by atoms with Gasteiger partial charge < -0.3 is 16.0 Å². The van der Waals surface area contributed by atoms with E-state index < -0.39 is 17.8 Å². The fourth-order valence-electron chi connectivity index (χ4n) is 2.73. The van der Waals surface area contributed by atoms with Crippen LogP contribution in [0.5, 0.6) is 0 Å². The normalized spacial score (nSPS) is 16.4. The number of hydrogen-bond acceptors (Lipinski definition) is 6. The first-order valence-electron chi connectivity index (χ1n) is 8.25. The van der Waals surface area contributed by atoms with Crippen molar-refractivity contribution in [3.63, 3.8) is 0 Å². The Morgan fingerprint density at radius 2 is 2.11 bits per heavy atom. The Labute approximate surface area is 154 Å². The third-order valence-electron chi connectivity index (χ3n) is 4.10. The van der Waals surface area contributed by atoms with Crippen LogP contribution < -0.4 is 15.9 Å². The monoisotopic (exact) mass is 372 g/mol. The molecule has 1 unspecified atom stereocenters. The van der Waals surface area contributed by atoms with Gasteiger partial charge in [-0.1, -0.05) is 4.85 Å². The van der Waals surface area contributed by atoms with Gasteiger partial charge in [0.2, 0.25) is 0 Å². The number of primary amides is 1. The highest BCUT2D eigenvalue weighted by Gasteiger charge is 2.26. The number of nitrogens with two attached hydrogens (primary N) is 1. The molecule has 2 heterocycles. The average molecular weight is 372 g/mol. The first-order chi connectivity index (χ1) is 13.0. The van der Waals surface area contributed by atoms with Gasteiger partial charge in [-0.25, -0.2) is 9.18 Å². The molecule has 0 spiro atoms. The predicted molar refractivity (Wildman–Crippen MR) is 92.3 cm³/mol. The molecule has 0 radical (unpaired) electrons. The van der Waals surface area contributed by atoms with Crippen LogP contribution in [0.15, 0.2) is 30.5 Å². The smallest absolute Gasteiger partial charge is 0.365 e. The predicted octanol–water partition coefficient (Wildman–Crippen LogP) is 1.65. The van der Waals surface area contributed by atoms with Gasteiger partial charge in [-0.2, -0.15) is 5.26 Å². The molecule has 0 saturated carbocycles. The summed E-state index contributed by atoms with van der Waals surface area (Å²) in [4.78, 5) is 31.3. The lowest BCUT2D eigenvalue weighted by molar-refractivity contribution is 0.0687. The molecule has 2 amide bonds. The number of nitriles is 1. The number of anilines is 2. The molecule has 10 heteroatoms. The van der Waals surface area contributed by atoms with Gasteiger partial charge in [-0.15, -0.1) is 5.10 Å². The summed E-state index contributed by atoms with van der Waals surface area (Å²) >= 11 is 0. The fourth-order valence-corrected chi connectivity index (χ4v) is 2.73. The zero-order valence-corrected chi connectivity index (χ0v) is 14.3. The summed E-state index contributed by atoms with van der Waals surface area (Å²) in [6, 6.07) is 7.54. The molecule has 2 aromatic rings. The van der Waals surface area contributed by atoms with E-state index in [4.69, 9.17) is 15.8 Å². The molecule has 1 fully saturated rings. The van der Waals surface area contributed by atoms with Crippen LogP contribution in [-0.2, 0) is 0 Å². The zero-order valence-electron chi connectivity index (χ0n) is 14.3. The van der Waals surface area contributed by atoms with Crippen LogP contribution in [0.4, 0.5) is 20.7 Å². The molecule has 1 aromatic heterocycles. The summed E-state index contributed by atoms with van der Waals surface area (Å²) in [6.07, 6.45) is 1.94. The second kappa shape index (κ2) is 7.74. The summed E-state index contributed by atoms with van der Waals surface area (Å²) in [5.74, 6) is -1.35. The van der Waals surface area contributed by atoms with Gasteiger partial charge in [0.25, 0.3) is 5.91 Å². The van der Waals surface area contributed by atoms with Crippen molar-refractivity contribution in [1.82, 2.24) is 14.8 Å². The molecule has 1 atom stereocenters. The van der Waals surface area contributed by atoms with Crippen molar-refractivity contribution in [2.75, 3.05) is 18.4 Å². The Morgan fingerprint density at radius 3 is 2.78 bits per heavy atom. The highest BCUT2D eigenvalue weighted by Crippen LogP contribution is 2.20. The molecule has 1 saturated heterocycles. The third kappa shape index (κ3) is 4.33. The Morgan fingerprint density at radius 1 is 1.37 bits per heavy atom. The van der Waals surface area contributed by atoms with Crippen LogP contribution in [0, 0.1) is 23.1 Å². The van der Waals surface area contributed by atoms with Crippen molar-refractivity contribution in [2.24, 2.45) is 11.7 Å². The fraction of sp³-hybridized carbons (Fsp3) is 0.294. The Bertz CT molecular complexity index is 889. The second-order valence-electron chi connectivity index (χ2n) is 6.06. The summed E-state index contributed by atoms with van der Waals surface area (Å²) < 4.78 is 13.0. The molecule has 1 aliphatic heterocycles. The van der Waals surface area contributed by atoms with Crippen LogP contribution in [0.2, 0.25) is 0 Å². The van der Waals surface area contributed by atoms with Gasteiger partial charge >= 0.3 is 6.09 Å². The van der Waals surface area contributed by atoms with Gasteiger partial charge in [-0.3, -0.25) is 9.63 Å². The van der Waals surface area contributed by atoms with Gasteiger partial charge in [0.05, 0.1) is 18.2 Å². The number of nitrogens with one attached hydrogen (secondary N) is 1. The second-order valence-corrected chi connectivity index (χ2v) is 6.06. The van der Waals surface area contributed by atoms with E-state index in [1.54, 1.807) is 0 Å². The number of amides is 2. The number of likely N-dealkylation sites (tertiary alicyclic amines) is 1. The molecular formula is C17H17FN6O3. The minimum Gasteiger partial charge on any atom is -0.365 e. The Hall–Kier alpha value is -3.61. The van der Waals surface area contributed by atoms with Crippen molar-refractivity contribution < 1.29 is 18.8 Å². The van der Waals surface area contributed by atoms with E-state index in [2.05, 4.69) is 16.5 Å². The number of piperidine rings is 1. The van der Waals surface area contributed by atoms with Gasteiger partial charge in [0.1, 0.15) is 11.4 Å². The maximum Gasteiger partial charge on any atom is 0.435 e. The van der Waals surface area contributed by atoms with E-state index in [1.165, 1.54) is 35.4 Å². The number of rotatable bonds is 4. The summed E-state index contributed by atoms with van der Waals surface area (Å²) in [5.41, 5.74) is 5.81. The molecule has 27 heavy (non-hydrogen) atoms. The number of carbonyl (C=O) groups excluding carboxylic acids is 2. The lowest BCUT2D eigenvalue weighted by Gasteiger charge is -2.28. The molecule has 3 rings (SSSR count). The first kappa shape index (κ1) is 18.2. The quantitative estimate of drug-likeness (QED) is 0.840. The number of hydrogen-bond donors (Lipinski definition) is 2. The first-order valence-corrected chi connectivity index (χ1v) is 8.25. The topological polar surface area (TPSA) is 126 Å². The van der Waals surface area contributed by atoms with Gasteiger partial charge in [0, 0.05) is 18.8 Å². The summed E-state index contributed by atoms with van der Waals surface area (Å²) in [7, 11) is 0. The molecule has 9 nitrogen and oxygen atoms in total. The van der Waals surface area contributed by atoms with Crippen molar-refractivity contribution >= 4 is 23.5 Å². The van der Waals surface area contributed by atoms with E-state index in [0.717, 1.165) is 11.3 Å². The Balaban J connectivity index is 1.74. The maximum atomic E-state index is 13.0. The lowest BCUT2D eigenvalue weighted by Crippen LogP contribution is -2.43. The minimum absolute atomic E-state index is 0.000621. The number of benzene rings is 1. The maximum absolute atomic E-state index is 13.0. The van der Waals surface area contributed by atoms with Gasteiger partial charge in [0.15, 0.2) is 5.82 Å². The van der Waals surface area contributed by atoms with Crippen LogP contribution in [0.1, 0.15) is 23.2 Å². The van der Waals surface area contributed by atoms with Crippen LogP contribution in [-0.4, -0.2) is 39.9 Å². The van der Waals surface area contributed by atoms with Crippen LogP contribution in [0.25, 0.3) is 0 Å². The molecule has 0 aliphatic carbocycles. The number of halogens is 1. The molecule has 3 N–H and O–H groups in total. The van der Waals surface area contributed by atoms with E-state index in [9.17, 15) is 14.0 Å². The van der Waals surface area contributed by atoms with E-state index in [1.807, 2.05) is 0 Å². The standard InChI is InChI=1S/C17H17FN6O3/c18-12-3-5-13(6-4-12)21-16-14(15(20)25)10-24(22-16)27-17(26)23-7-1-2-11(8-19)9-23/h3-6,10-11H,1-2,7,9H2,(H2,20,25)(H,21,22). The minimum atomic E-state index is -0.774. The third-order valence-corrected chi connectivity index (χ3v) is 4.10. The molecule has 140 valence electrons. The van der Waals surface area contributed by atoms with Crippen LogP contribution in [0.3, 0.4) is 0 Å². The highest BCUT2D eigenvalue weighted by atomic mass is 19.1. The molecule has 1 aliphatic rings. The van der Waals surface area contributed by atoms with Crippen molar-refractivity contribution in [3.05, 3.63) is 41.8 Å². The zero-order chi connectivity index (χ0) is 19.4. The summed E-state index contributed by atoms with van der Waals surface area (Å²) in [5, 5.41) is 15.8. The highest BCUT2D eigenvalue weighted by molar-refractivity contribution is 5.98. The number of carbonyl (C=O) groups is 2. The SMILES string of the molecule is N#CC1CCCN(C(=O)On2cc(C(N)=O)c(Nc3ccc(F)cc3)n2)C1. The summed E-state index contributed by atoms with van der Waals surface area (Å²) in [6.45, 7) is 0.752. The van der Waals surface area contributed by atoms with E-state index in [-0.39, 0.29) is 23.8 Å². The average Bonchev–Trinajstić information content (AvgIpc) is 3.06. The largest absolute Gasteiger partial charge is 0.435 e. The van der Waals surface area contributed by atoms with Gasteiger partial charge in [-0.05, 0) is 37.1 Å². The van der Waals surface area contributed by atoms with Crippen molar-refractivity contribution in [2.45, 2.75) is 12.8 Å². The lowest BCUT2D eigenvalue weighted by atomic mass is 10.0. The Kier molecular flexibility index (Phi) is 5.21. The van der Waals surface area contributed by atoms with Crippen molar-refractivity contribution in [3.8, 4) is 6.07 Å². The number of aromatic nitrogens is 2. The van der Waals surface area contributed by atoms with E-state index >= 15 is 0 Å². The molecular weight excluding hydrogens is 355 g/mol. The molecule has 0 bridgehead atoms. The van der Waals surface area contributed by atoms with E-state index in [0.29, 0.717) is 18.7 Å². The number of nitrogens with zero attached hydrogens (tertiary/aromatic N) is 4. The molecule has 1 aromatic carbocycles. The van der Waals surface area contributed by atoms with Crippen molar-refractivity contribution in [1.29, 1.82) is 5.26 Å².